The number of nitrogen functional groups attached to an aromatic ring is 1. The van der Waals surface area contributed by atoms with E-state index in [-0.39, 0.29) is 30.0 Å². The minimum Gasteiger partial charge on any atom is -0.368 e. The van der Waals surface area contributed by atoms with Crippen LogP contribution in [0.2, 0.25) is 0 Å². The second-order valence-electron chi connectivity index (χ2n) is 3.88. The Morgan fingerprint density at radius 2 is 2.29 bits per heavy atom. The van der Waals surface area contributed by atoms with Crippen LogP contribution in [0.1, 0.15) is 29.5 Å². The molecule has 2 N–H and O–H groups in total. The van der Waals surface area contributed by atoms with Gasteiger partial charge in [0, 0.05) is 18.8 Å². The molecule has 17 heavy (non-hydrogen) atoms. The molecular weight excluding hydrogens is 218 g/mol. The lowest BCUT2D eigenvalue weighted by molar-refractivity contribution is 0.0740. The Morgan fingerprint density at radius 3 is 2.82 bits per heavy atom. The quantitative estimate of drug-likeness (QED) is 0.830. The van der Waals surface area contributed by atoms with Crippen LogP contribution in [0.25, 0.3) is 0 Å². The van der Waals surface area contributed by atoms with Crippen LogP contribution in [0.4, 0.5) is 5.95 Å². The molecule has 6 heteroatoms. The summed E-state index contributed by atoms with van der Waals surface area (Å²) in [4.78, 5) is 21.3. The minimum atomic E-state index is -0.259. The molecular formula is C11H15N5O. The molecule has 0 aliphatic carbocycles. The second-order valence-corrected chi connectivity index (χ2v) is 3.88. The number of amides is 1. The third kappa shape index (κ3) is 3.14. The molecule has 6 nitrogen and oxygen atoms in total. The van der Waals surface area contributed by atoms with Crippen LogP contribution >= 0.6 is 0 Å². The SMILES string of the molecule is Cc1cc(C(=O)N(C)C(C)CC#N)nc(N)n1. The van der Waals surface area contributed by atoms with Crippen LogP contribution < -0.4 is 5.73 Å². The third-order valence-electron chi connectivity index (χ3n) is 2.46. The zero-order chi connectivity index (χ0) is 13.0. The first-order valence-corrected chi connectivity index (χ1v) is 5.21. The summed E-state index contributed by atoms with van der Waals surface area (Å²) in [6.07, 6.45) is 0.280. The Morgan fingerprint density at radius 1 is 1.65 bits per heavy atom. The van der Waals surface area contributed by atoms with Gasteiger partial charge in [-0.1, -0.05) is 0 Å². The van der Waals surface area contributed by atoms with Crippen molar-refractivity contribution in [2.75, 3.05) is 12.8 Å². The summed E-state index contributed by atoms with van der Waals surface area (Å²) in [5.41, 5.74) is 6.38. The van der Waals surface area contributed by atoms with Crippen molar-refractivity contribution in [3.8, 4) is 6.07 Å². The highest BCUT2D eigenvalue weighted by atomic mass is 16.2. The van der Waals surface area contributed by atoms with E-state index in [1.165, 1.54) is 4.90 Å². The van der Waals surface area contributed by atoms with Gasteiger partial charge in [0.05, 0.1) is 12.5 Å². The molecule has 0 aliphatic rings. The van der Waals surface area contributed by atoms with Gasteiger partial charge in [-0.25, -0.2) is 9.97 Å². The molecule has 90 valence electrons. The molecule has 1 aromatic rings. The molecule has 0 saturated heterocycles. The van der Waals surface area contributed by atoms with Gasteiger partial charge in [0.1, 0.15) is 5.69 Å². The van der Waals surface area contributed by atoms with Crippen molar-refractivity contribution >= 4 is 11.9 Å². The van der Waals surface area contributed by atoms with Crippen LogP contribution in [0.15, 0.2) is 6.07 Å². The molecule has 0 saturated carbocycles. The van der Waals surface area contributed by atoms with Gasteiger partial charge in [0.2, 0.25) is 5.95 Å². The first-order valence-electron chi connectivity index (χ1n) is 5.21. The fourth-order valence-corrected chi connectivity index (χ4v) is 1.35. The molecule has 0 radical (unpaired) electrons. The molecule has 0 spiro atoms. The first-order chi connectivity index (χ1) is 7.95. The van der Waals surface area contributed by atoms with Gasteiger partial charge < -0.3 is 10.6 Å². The van der Waals surface area contributed by atoms with Gasteiger partial charge in [-0.3, -0.25) is 4.79 Å². The van der Waals surface area contributed by atoms with E-state index in [9.17, 15) is 4.79 Å². The standard InChI is InChI=1S/C11H15N5O/c1-7-6-9(15-11(13)14-7)10(17)16(3)8(2)4-5-12/h6,8H,4H2,1-3H3,(H2,13,14,15). The van der Waals surface area contributed by atoms with E-state index in [1.807, 2.05) is 6.07 Å². The van der Waals surface area contributed by atoms with Gasteiger partial charge in [0.25, 0.3) is 5.91 Å². The lowest BCUT2D eigenvalue weighted by Crippen LogP contribution is -2.35. The van der Waals surface area contributed by atoms with E-state index in [1.54, 1.807) is 27.0 Å². The van der Waals surface area contributed by atoms with E-state index in [0.29, 0.717) is 5.69 Å². The number of rotatable bonds is 3. The fourth-order valence-electron chi connectivity index (χ4n) is 1.35. The Bertz CT molecular complexity index is 445. The highest BCUT2D eigenvalue weighted by molar-refractivity contribution is 5.92. The van der Waals surface area contributed by atoms with E-state index in [4.69, 9.17) is 11.0 Å². The van der Waals surface area contributed by atoms with Gasteiger partial charge in [-0.2, -0.15) is 5.26 Å². The number of anilines is 1. The van der Waals surface area contributed by atoms with Crippen molar-refractivity contribution in [1.82, 2.24) is 14.9 Å². The molecule has 0 fully saturated rings. The molecule has 1 aromatic heterocycles. The highest BCUT2D eigenvalue weighted by Gasteiger charge is 2.19. The van der Waals surface area contributed by atoms with Crippen LogP contribution in [0, 0.1) is 18.3 Å². The van der Waals surface area contributed by atoms with Gasteiger partial charge in [-0.05, 0) is 19.9 Å². The Hall–Kier alpha value is -2.16. The summed E-state index contributed by atoms with van der Waals surface area (Å²) in [6.45, 7) is 3.55. The molecule has 1 amide bonds. The monoisotopic (exact) mass is 233 g/mol. The van der Waals surface area contributed by atoms with Crippen molar-refractivity contribution in [2.24, 2.45) is 0 Å². The number of carbonyl (C=O) groups is 1. The normalized spacial score (nSPS) is 11.6. The van der Waals surface area contributed by atoms with Crippen molar-refractivity contribution in [2.45, 2.75) is 26.3 Å². The molecule has 0 aromatic carbocycles. The van der Waals surface area contributed by atoms with E-state index < -0.39 is 0 Å². The molecule has 1 heterocycles. The van der Waals surface area contributed by atoms with Crippen LogP contribution in [-0.4, -0.2) is 33.9 Å². The van der Waals surface area contributed by atoms with E-state index in [2.05, 4.69) is 9.97 Å². The van der Waals surface area contributed by atoms with E-state index in [0.717, 1.165) is 0 Å². The summed E-state index contributed by atoms with van der Waals surface area (Å²) >= 11 is 0. The summed E-state index contributed by atoms with van der Waals surface area (Å²) in [6, 6.07) is 3.44. The topological polar surface area (TPSA) is 95.9 Å². The largest absolute Gasteiger partial charge is 0.368 e. The molecule has 1 rings (SSSR count). The fraction of sp³-hybridized carbons (Fsp3) is 0.455. The van der Waals surface area contributed by atoms with Gasteiger partial charge >= 0.3 is 0 Å². The Kier molecular flexibility index (Phi) is 3.99. The van der Waals surface area contributed by atoms with Crippen molar-refractivity contribution < 1.29 is 4.79 Å². The van der Waals surface area contributed by atoms with Crippen LogP contribution in [-0.2, 0) is 0 Å². The average molecular weight is 233 g/mol. The summed E-state index contributed by atoms with van der Waals surface area (Å²) in [5, 5.41) is 8.59. The van der Waals surface area contributed by atoms with Crippen molar-refractivity contribution in [1.29, 1.82) is 5.26 Å². The molecule has 1 unspecified atom stereocenters. The maximum absolute atomic E-state index is 12.0. The Labute approximate surface area is 100 Å². The van der Waals surface area contributed by atoms with Crippen molar-refractivity contribution in [3.05, 3.63) is 17.5 Å². The number of hydrogen-bond donors (Lipinski definition) is 1. The summed E-state index contributed by atoms with van der Waals surface area (Å²) in [5.74, 6) is -0.181. The number of hydrogen-bond acceptors (Lipinski definition) is 5. The number of carbonyl (C=O) groups excluding carboxylic acids is 1. The predicted molar refractivity (Wildman–Crippen MR) is 63.0 cm³/mol. The molecule has 1 atom stereocenters. The van der Waals surface area contributed by atoms with Gasteiger partial charge in [-0.15, -0.1) is 0 Å². The van der Waals surface area contributed by atoms with Crippen molar-refractivity contribution in [3.63, 3.8) is 0 Å². The maximum Gasteiger partial charge on any atom is 0.272 e. The van der Waals surface area contributed by atoms with E-state index >= 15 is 0 Å². The Balaban J connectivity index is 2.93. The smallest absolute Gasteiger partial charge is 0.272 e. The zero-order valence-corrected chi connectivity index (χ0v) is 10.1. The maximum atomic E-state index is 12.0. The predicted octanol–water partition coefficient (Wildman–Crippen LogP) is 0.741. The molecule has 0 aliphatic heterocycles. The summed E-state index contributed by atoms with van der Waals surface area (Å²) < 4.78 is 0. The van der Waals surface area contributed by atoms with Gasteiger partial charge in [0.15, 0.2) is 0 Å². The zero-order valence-electron chi connectivity index (χ0n) is 10.1. The third-order valence-corrected chi connectivity index (χ3v) is 2.46. The number of nitrogens with zero attached hydrogens (tertiary/aromatic N) is 4. The lowest BCUT2D eigenvalue weighted by Gasteiger charge is -2.22. The number of nitrogens with two attached hydrogens (primary N) is 1. The number of aryl methyl sites for hydroxylation is 1. The average Bonchev–Trinajstić information content (AvgIpc) is 2.26. The number of aromatic nitrogens is 2. The lowest BCUT2D eigenvalue weighted by atomic mass is 10.2. The highest BCUT2D eigenvalue weighted by Crippen LogP contribution is 2.08. The second kappa shape index (κ2) is 5.25. The van der Waals surface area contributed by atoms with Crippen LogP contribution in [0.5, 0.6) is 0 Å². The summed E-state index contributed by atoms with van der Waals surface area (Å²) in [7, 11) is 1.64. The molecule has 0 bridgehead atoms. The minimum absolute atomic E-state index is 0.0784. The van der Waals surface area contributed by atoms with Crippen LogP contribution in [0.3, 0.4) is 0 Å². The first kappa shape index (κ1) is 12.9. The number of nitriles is 1.